The minimum absolute atomic E-state index is 0.00194. The summed E-state index contributed by atoms with van der Waals surface area (Å²) in [6.07, 6.45) is 3.28. The van der Waals surface area contributed by atoms with Gasteiger partial charge >= 0.3 is 5.97 Å². The largest absolute Gasteiger partial charge is 0.481 e. The minimum Gasteiger partial charge on any atom is -0.481 e. The summed E-state index contributed by atoms with van der Waals surface area (Å²) in [6.45, 7) is 1.55. The van der Waals surface area contributed by atoms with E-state index in [2.05, 4.69) is 0 Å². The number of likely N-dealkylation sites (tertiary alicyclic amines) is 1. The van der Waals surface area contributed by atoms with Crippen LogP contribution in [-0.4, -0.2) is 47.2 Å². The maximum absolute atomic E-state index is 12.3. The third kappa shape index (κ3) is 1.64. The Kier molecular flexibility index (Phi) is 2.58. The Morgan fingerprint density at radius 1 is 1.06 bits per heavy atom. The number of nitrogens with zero attached hydrogens (tertiary/aromatic N) is 1. The molecule has 3 rings (SSSR count). The summed E-state index contributed by atoms with van der Waals surface area (Å²) in [5, 5.41) is 9.25. The molecule has 5 nitrogen and oxygen atoms in total. The Bertz CT molecular complexity index is 350. The van der Waals surface area contributed by atoms with Crippen molar-refractivity contribution in [2.45, 2.75) is 37.9 Å². The van der Waals surface area contributed by atoms with Crippen LogP contribution in [0.5, 0.6) is 0 Å². The van der Waals surface area contributed by atoms with Gasteiger partial charge in [0, 0.05) is 13.1 Å². The Hall–Kier alpha value is -1.10. The lowest BCUT2D eigenvalue weighted by Crippen LogP contribution is -2.44. The maximum Gasteiger partial charge on any atom is 0.310 e. The number of rotatable bonds is 2. The quantitative estimate of drug-likeness (QED) is 0.761. The van der Waals surface area contributed by atoms with Gasteiger partial charge in [0.15, 0.2) is 0 Å². The van der Waals surface area contributed by atoms with E-state index in [-0.39, 0.29) is 18.1 Å². The topological polar surface area (TPSA) is 66.8 Å². The molecular formula is C12H17NO4. The molecule has 3 saturated heterocycles. The van der Waals surface area contributed by atoms with Crippen molar-refractivity contribution in [3.8, 4) is 0 Å². The number of fused-ring (bicyclic) bond motifs is 2. The van der Waals surface area contributed by atoms with Gasteiger partial charge < -0.3 is 14.7 Å². The second-order valence-corrected chi connectivity index (χ2v) is 5.21. The average Bonchev–Trinajstić information content (AvgIpc) is 3.02. The first-order chi connectivity index (χ1) is 8.18. The van der Waals surface area contributed by atoms with Crippen molar-refractivity contribution in [2.75, 3.05) is 13.1 Å². The third-order valence-corrected chi connectivity index (χ3v) is 4.26. The van der Waals surface area contributed by atoms with Gasteiger partial charge in [-0.3, -0.25) is 9.59 Å². The summed E-state index contributed by atoms with van der Waals surface area (Å²) in [7, 11) is 0. The van der Waals surface area contributed by atoms with Crippen LogP contribution in [0, 0.1) is 11.8 Å². The zero-order valence-corrected chi connectivity index (χ0v) is 9.67. The fourth-order valence-electron chi connectivity index (χ4n) is 3.45. The molecule has 5 heteroatoms. The van der Waals surface area contributed by atoms with E-state index in [1.165, 1.54) is 0 Å². The Labute approximate surface area is 99.7 Å². The lowest BCUT2D eigenvalue weighted by Gasteiger charge is -2.27. The molecular weight excluding hydrogens is 222 g/mol. The Morgan fingerprint density at radius 3 is 2.24 bits per heavy atom. The van der Waals surface area contributed by atoms with E-state index in [0.29, 0.717) is 0 Å². The first-order valence-corrected chi connectivity index (χ1v) is 6.35. The van der Waals surface area contributed by atoms with E-state index in [1.54, 1.807) is 0 Å². The summed E-state index contributed by atoms with van der Waals surface area (Å²) in [6, 6.07) is 0. The highest BCUT2D eigenvalue weighted by Gasteiger charge is 2.56. The number of hydrogen-bond acceptors (Lipinski definition) is 3. The van der Waals surface area contributed by atoms with Crippen LogP contribution < -0.4 is 0 Å². The molecule has 0 spiro atoms. The van der Waals surface area contributed by atoms with Crippen molar-refractivity contribution in [1.29, 1.82) is 0 Å². The molecule has 0 unspecified atom stereocenters. The highest BCUT2D eigenvalue weighted by atomic mass is 16.5. The summed E-state index contributed by atoms with van der Waals surface area (Å²) in [5.74, 6) is -1.94. The van der Waals surface area contributed by atoms with Crippen LogP contribution in [0.3, 0.4) is 0 Å². The summed E-state index contributed by atoms with van der Waals surface area (Å²) in [5.41, 5.74) is 0. The van der Waals surface area contributed by atoms with Gasteiger partial charge in [-0.05, 0) is 25.7 Å². The molecule has 1 N–H and O–H groups in total. The van der Waals surface area contributed by atoms with Crippen LogP contribution in [0.4, 0.5) is 0 Å². The van der Waals surface area contributed by atoms with Crippen molar-refractivity contribution in [1.82, 2.24) is 4.90 Å². The van der Waals surface area contributed by atoms with Gasteiger partial charge in [0.1, 0.15) is 0 Å². The molecule has 17 heavy (non-hydrogen) atoms. The zero-order chi connectivity index (χ0) is 12.0. The number of amides is 1. The SMILES string of the molecule is O=C(O)[C@@H]1[C@@H](C(=O)N2CCCC2)[C@H]2CC[C@@H]1O2. The first kappa shape index (κ1) is 11.0. The maximum atomic E-state index is 12.3. The lowest BCUT2D eigenvalue weighted by atomic mass is 9.78. The monoisotopic (exact) mass is 239 g/mol. The van der Waals surface area contributed by atoms with Gasteiger partial charge in [-0.25, -0.2) is 0 Å². The molecule has 0 radical (unpaired) electrons. The van der Waals surface area contributed by atoms with Crippen LogP contribution >= 0.6 is 0 Å². The van der Waals surface area contributed by atoms with Gasteiger partial charge in [-0.15, -0.1) is 0 Å². The van der Waals surface area contributed by atoms with E-state index in [1.807, 2.05) is 4.90 Å². The fraction of sp³-hybridized carbons (Fsp3) is 0.833. The summed E-state index contributed by atoms with van der Waals surface area (Å²) < 4.78 is 5.61. The molecule has 3 heterocycles. The predicted octanol–water partition coefficient (Wildman–Crippen LogP) is 0.487. The van der Waals surface area contributed by atoms with Gasteiger partial charge in [0.05, 0.1) is 24.0 Å². The third-order valence-electron chi connectivity index (χ3n) is 4.26. The van der Waals surface area contributed by atoms with Crippen LogP contribution in [0.1, 0.15) is 25.7 Å². The molecule has 3 aliphatic heterocycles. The number of carboxylic acids is 1. The average molecular weight is 239 g/mol. The summed E-state index contributed by atoms with van der Waals surface area (Å²) in [4.78, 5) is 25.4. The molecule has 0 aromatic rings. The number of hydrogen-bond donors (Lipinski definition) is 1. The number of carbonyl (C=O) groups excluding carboxylic acids is 1. The van der Waals surface area contributed by atoms with E-state index in [9.17, 15) is 14.7 Å². The van der Waals surface area contributed by atoms with Crippen molar-refractivity contribution >= 4 is 11.9 Å². The predicted molar refractivity (Wildman–Crippen MR) is 58.3 cm³/mol. The van der Waals surface area contributed by atoms with Crippen LogP contribution in [-0.2, 0) is 14.3 Å². The number of carbonyl (C=O) groups is 2. The van der Waals surface area contributed by atoms with Gasteiger partial charge in [-0.1, -0.05) is 0 Å². The van der Waals surface area contributed by atoms with E-state index < -0.39 is 17.8 Å². The number of ether oxygens (including phenoxy) is 1. The lowest BCUT2D eigenvalue weighted by molar-refractivity contribution is -0.150. The first-order valence-electron chi connectivity index (χ1n) is 6.35. The highest BCUT2D eigenvalue weighted by molar-refractivity contribution is 5.86. The zero-order valence-electron chi connectivity index (χ0n) is 9.67. The molecule has 2 bridgehead atoms. The van der Waals surface area contributed by atoms with Crippen molar-refractivity contribution in [2.24, 2.45) is 11.8 Å². The van der Waals surface area contributed by atoms with Gasteiger partial charge in [-0.2, -0.15) is 0 Å². The molecule has 1 amide bonds. The summed E-state index contributed by atoms with van der Waals surface area (Å²) >= 11 is 0. The smallest absolute Gasteiger partial charge is 0.310 e. The number of aliphatic carboxylic acids is 1. The Morgan fingerprint density at radius 2 is 1.65 bits per heavy atom. The molecule has 0 aromatic heterocycles. The second kappa shape index (κ2) is 3.98. The number of carboxylic acid groups (broad SMARTS) is 1. The Balaban J connectivity index is 1.80. The van der Waals surface area contributed by atoms with Gasteiger partial charge in [0.2, 0.25) is 5.91 Å². The second-order valence-electron chi connectivity index (χ2n) is 5.21. The van der Waals surface area contributed by atoms with Crippen LogP contribution in [0.15, 0.2) is 0 Å². The van der Waals surface area contributed by atoms with Gasteiger partial charge in [0.25, 0.3) is 0 Å². The molecule has 4 atom stereocenters. The van der Waals surface area contributed by atoms with Crippen LogP contribution in [0.25, 0.3) is 0 Å². The van der Waals surface area contributed by atoms with Crippen molar-refractivity contribution in [3.63, 3.8) is 0 Å². The van der Waals surface area contributed by atoms with E-state index in [0.717, 1.165) is 38.8 Å². The molecule has 0 aromatic carbocycles. The standard InChI is InChI=1S/C12H17NO4/c14-11(13-5-1-2-6-13)9-7-3-4-8(17-7)10(9)12(15)16/h7-10H,1-6H2,(H,15,16)/t7-,8+,9+,10+/m1/s1. The van der Waals surface area contributed by atoms with Crippen molar-refractivity contribution < 1.29 is 19.4 Å². The van der Waals surface area contributed by atoms with Crippen LogP contribution in [0.2, 0.25) is 0 Å². The van der Waals surface area contributed by atoms with Crippen molar-refractivity contribution in [3.05, 3.63) is 0 Å². The highest BCUT2D eigenvalue weighted by Crippen LogP contribution is 2.44. The molecule has 94 valence electrons. The molecule has 0 aliphatic carbocycles. The van der Waals surface area contributed by atoms with E-state index >= 15 is 0 Å². The fourth-order valence-corrected chi connectivity index (χ4v) is 3.45. The molecule has 0 saturated carbocycles. The molecule has 3 fully saturated rings. The minimum atomic E-state index is -0.880. The molecule has 3 aliphatic rings. The normalized spacial score (nSPS) is 39.9. The van der Waals surface area contributed by atoms with E-state index in [4.69, 9.17) is 4.74 Å².